The Labute approximate surface area is 201 Å². The average molecular weight is 478 g/mol. The van der Waals surface area contributed by atoms with Gasteiger partial charge in [0.25, 0.3) is 11.8 Å². The van der Waals surface area contributed by atoms with Gasteiger partial charge in [0.05, 0.1) is 11.5 Å². The fraction of sp³-hybridized carbons (Fsp3) is 0.222. The van der Waals surface area contributed by atoms with Crippen LogP contribution in [0.1, 0.15) is 34.9 Å². The van der Waals surface area contributed by atoms with E-state index in [2.05, 4.69) is 5.32 Å². The molecule has 0 bridgehead atoms. The molecule has 4 rings (SSSR count). The Morgan fingerprint density at radius 3 is 2.14 bits per heavy atom. The minimum absolute atomic E-state index is 0.210. The summed E-state index contributed by atoms with van der Waals surface area (Å²) < 4.78 is 32.8. The Morgan fingerprint density at radius 2 is 1.51 bits per heavy atom. The number of hydrogen-bond acceptors (Lipinski definition) is 4. The molecule has 3 aromatic rings. The van der Waals surface area contributed by atoms with Gasteiger partial charge in [-0.15, -0.1) is 0 Å². The number of piperidine rings is 1. The number of para-hydroxylation sites is 1. The standard InChI is InChI=1S/C27H24F2N2O4/c28-20-11-12-22(23(29)17-20)26(33)31-15-13-19(14-16-31)27(34)35-24(18-7-3-1-4-8-18)25(32)30-21-9-5-2-6-10-21/h1-12,17,19,24H,13-16H2,(H,30,32)/t24-/m0/s1. The molecule has 1 saturated heterocycles. The zero-order chi connectivity index (χ0) is 24.8. The van der Waals surface area contributed by atoms with Crippen LogP contribution >= 0.6 is 0 Å². The first-order valence-corrected chi connectivity index (χ1v) is 11.3. The summed E-state index contributed by atoms with van der Waals surface area (Å²) in [6.07, 6.45) is -0.540. The topological polar surface area (TPSA) is 75.7 Å². The van der Waals surface area contributed by atoms with Crippen LogP contribution < -0.4 is 5.32 Å². The maximum Gasteiger partial charge on any atom is 0.310 e. The van der Waals surface area contributed by atoms with Crippen molar-refractivity contribution in [3.8, 4) is 0 Å². The summed E-state index contributed by atoms with van der Waals surface area (Å²) in [6, 6.07) is 20.4. The first-order valence-electron chi connectivity index (χ1n) is 11.3. The van der Waals surface area contributed by atoms with E-state index in [-0.39, 0.29) is 18.7 Å². The summed E-state index contributed by atoms with van der Waals surface area (Å²) in [5.41, 5.74) is 0.900. The number of amides is 2. The Hall–Kier alpha value is -4.07. The van der Waals surface area contributed by atoms with Gasteiger partial charge >= 0.3 is 5.97 Å². The summed E-state index contributed by atoms with van der Waals surface area (Å²) in [5, 5.41) is 2.77. The smallest absolute Gasteiger partial charge is 0.310 e. The van der Waals surface area contributed by atoms with E-state index in [9.17, 15) is 23.2 Å². The summed E-state index contributed by atoms with van der Waals surface area (Å²) in [4.78, 5) is 40.0. The van der Waals surface area contributed by atoms with Crippen LogP contribution in [-0.2, 0) is 14.3 Å². The molecule has 0 radical (unpaired) electrons. The number of hydrogen-bond donors (Lipinski definition) is 1. The average Bonchev–Trinajstić information content (AvgIpc) is 2.88. The number of carbonyl (C=O) groups excluding carboxylic acids is 3. The van der Waals surface area contributed by atoms with E-state index in [1.54, 1.807) is 54.6 Å². The van der Waals surface area contributed by atoms with Gasteiger partial charge in [-0.2, -0.15) is 0 Å². The predicted octanol–water partition coefficient (Wildman–Crippen LogP) is 4.74. The molecule has 2 amide bonds. The van der Waals surface area contributed by atoms with Crippen molar-refractivity contribution in [1.82, 2.24) is 4.90 Å². The van der Waals surface area contributed by atoms with Crippen LogP contribution in [0.25, 0.3) is 0 Å². The third kappa shape index (κ3) is 5.90. The Kier molecular flexibility index (Phi) is 7.50. The van der Waals surface area contributed by atoms with E-state index < -0.39 is 41.4 Å². The van der Waals surface area contributed by atoms with Crippen molar-refractivity contribution >= 4 is 23.5 Å². The van der Waals surface area contributed by atoms with Crippen LogP contribution in [0.5, 0.6) is 0 Å². The van der Waals surface area contributed by atoms with Gasteiger partial charge in [-0.3, -0.25) is 14.4 Å². The lowest BCUT2D eigenvalue weighted by atomic mass is 9.96. The normalized spacial score (nSPS) is 14.7. The zero-order valence-electron chi connectivity index (χ0n) is 18.8. The highest BCUT2D eigenvalue weighted by Gasteiger charge is 2.33. The second-order valence-corrected chi connectivity index (χ2v) is 8.27. The molecule has 180 valence electrons. The number of esters is 1. The highest BCUT2D eigenvalue weighted by Crippen LogP contribution is 2.26. The van der Waals surface area contributed by atoms with Gasteiger partial charge in [0.1, 0.15) is 11.6 Å². The minimum atomic E-state index is -1.14. The molecule has 1 aliphatic heterocycles. The number of likely N-dealkylation sites (tertiary alicyclic amines) is 1. The molecule has 0 saturated carbocycles. The summed E-state index contributed by atoms with van der Waals surface area (Å²) in [7, 11) is 0. The summed E-state index contributed by atoms with van der Waals surface area (Å²) >= 11 is 0. The Morgan fingerprint density at radius 1 is 0.886 bits per heavy atom. The van der Waals surface area contributed by atoms with Crippen LogP contribution in [0.15, 0.2) is 78.9 Å². The summed E-state index contributed by atoms with van der Waals surface area (Å²) in [5.74, 6) is -3.78. The molecule has 8 heteroatoms. The van der Waals surface area contributed by atoms with Gasteiger partial charge < -0.3 is 15.0 Å². The van der Waals surface area contributed by atoms with Gasteiger partial charge in [0.2, 0.25) is 6.10 Å². The molecule has 1 N–H and O–H groups in total. The molecule has 0 spiro atoms. The third-order valence-electron chi connectivity index (χ3n) is 5.89. The summed E-state index contributed by atoms with van der Waals surface area (Å²) in [6.45, 7) is 0.420. The van der Waals surface area contributed by atoms with Crippen molar-refractivity contribution in [2.45, 2.75) is 18.9 Å². The number of benzene rings is 3. The largest absolute Gasteiger partial charge is 0.447 e. The van der Waals surface area contributed by atoms with Gasteiger partial charge in [-0.1, -0.05) is 48.5 Å². The van der Waals surface area contributed by atoms with E-state index in [0.717, 1.165) is 12.1 Å². The van der Waals surface area contributed by atoms with Gasteiger partial charge in [-0.25, -0.2) is 8.78 Å². The lowest BCUT2D eigenvalue weighted by molar-refractivity contribution is -0.160. The van der Waals surface area contributed by atoms with E-state index in [4.69, 9.17) is 4.74 Å². The van der Waals surface area contributed by atoms with Crippen molar-refractivity contribution in [2.24, 2.45) is 5.92 Å². The Bertz CT molecular complexity index is 1200. The molecular formula is C27H24F2N2O4. The van der Waals surface area contributed by atoms with Gasteiger partial charge in [-0.05, 0) is 37.1 Å². The highest BCUT2D eigenvalue weighted by molar-refractivity contribution is 5.96. The molecule has 1 aliphatic rings. The maximum absolute atomic E-state index is 14.0. The minimum Gasteiger partial charge on any atom is -0.447 e. The lowest BCUT2D eigenvalue weighted by Gasteiger charge is -2.31. The van der Waals surface area contributed by atoms with Crippen molar-refractivity contribution in [1.29, 1.82) is 0 Å². The number of halogens is 2. The van der Waals surface area contributed by atoms with Crippen LogP contribution in [0, 0.1) is 17.6 Å². The molecule has 0 aliphatic carbocycles. The third-order valence-corrected chi connectivity index (χ3v) is 5.89. The molecular weight excluding hydrogens is 454 g/mol. The van der Waals surface area contributed by atoms with Crippen LogP contribution in [0.4, 0.5) is 14.5 Å². The van der Waals surface area contributed by atoms with Crippen LogP contribution in [0.2, 0.25) is 0 Å². The molecule has 35 heavy (non-hydrogen) atoms. The molecule has 1 fully saturated rings. The molecule has 3 aromatic carbocycles. The molecule has 0 unspecified atom stereocenters. The lowest BCUT2D eigenvalue weighted by Crippen LogP contribution is -2.41. The van der Waals surface area contributed by atoms with E-state index >= 15 is 0 Å². The number of rotatable bonds is 6. The number of anilines is 1. The molecule has 6 nitrogen and oxygen atoms in total. The first kappa shape index (κ1) is 24.1. The number of ether oxygens (including phenoxy) is 1. The van der Waals surface area contributed by atoms with Crippen molar-refractivity contribution in [3.05, 3.63) is 102 Å². The SMILES string of the molecule is O=C(O[C@H](C(=O)Nc1ccccc1)c1ccccc1)C1CCN(C(=O)c2ccc(F)cc2F)CC1. The number of carbonyl (C=O) groups is 3. The fourth-order valence-corrected chi connectivity index (χ4v) is 3.99. The maximum atomic E-state index is 14.0. The molecule has 1 atom stereocenters. The monoisotopic (exact) mass is 478 g/mol. The van der Waals surface area contributed by atoms with Gasteiger partial charge in [0.15, 0.2) is 0 Å². The molecule has 1 heterocycles. The van der Waals surface area contributed by atoms with Gasteiger partial charge in [0, 0.05) is 30.4 Å². The second-order valence-electron chi connectivity index (χ2n) is 8.27. The van der Waals surface area contributed by atoms with Crippen LogP contribution in [-0.4, -0.2) is 35.8 Å². The number of nitrogens with one attached hydrogen (secondary N) is 1. The predicted molar refractivity (Wildman–Crippen MR) is 125 cm³/mol. The van der Waals surface area contributed by atoms with Crippen LogP contribution in [0.3, 0.4) is 0 Å². The van der Waals surface area contributed by atoms with E-state index in [1.165, 1.54) is 4.90 Å². The van der Waals surface area contributed by atoms with Crippen molar-refractivity contribution in [3.63, 3.8) is 0 Å². The van der Waals surface area contributed by atoms with E-state index in [1.807, 2.05) is 6.07 Å². The zero-order valence-corrected chi connectivity index (χ0v) is 18.8. The highest BCUT2D eigenvalue weighted by atomic mass is 19.1. The quantitative estimate of drug-likeness (QED) is 0.520. The van der Waals surface area contributed by atoms with E-state index in [0.29, 0.717) is 30.2 Å². The number of nitrogens with zero attached hydrogens (tertiary/aromatic N) is 1. The second kappa shape index (κ2) is 10.9. The molecule has 0 aromatic heterocycles. The van der Waals surface area contributed by atoms with Crippen molar-refractivity contribution < 1.29 is 27.9 Å². The fourth-order valence-electron chi connectivity index (χ4n) is 3.99. The van der Waals surface area contributed by atoms with Crippen molar-refractivity contribution in [2.75, 3.05) is 18.4 Å². The first-order chi connectivity index (χ1) is 16.9. The Balaban J connectivity index is 1.40.